The molecule has 1 aromatic carbocycles. The van der Waals surface area contributed by atoms with E-state index in [-0.39, 0.29) is 34.5 Å². The Morgan fingerprint density at radius 2 is 1.98 bits per heavy atom. The number of nitrogens with two attached hydrogens (primary N) is 1. The third-order valence-corrected chi connectivity index (χ3v) is 7.12. The number of ether oxygens (including phenoxy) is 1. The zero-order valence-electron chi connectivity index (χ0n) is 21.4. The first kappa shape index (κ1) is 27.5. The number of nitrogens with zero attached hydrogens (tertiary/aromatic N) is 7. The molecule has 3 N–H and O–H groups in total. The molecular formula is C24H25F5N8O3. The summed E-state index contributed by atoms with van der Waals surface area (Å²) in [6, 6.07) is 1.86. The van der Waals surface area contributed by atoms with Crippen molar-refractivity contribution in [1.82, 2.24) is 29.4 Å². The van der Waals surface area contributed by atoms with Crippen LogP contribution in [0, 0.1) is 11.6 Å². The lowest BCUT2D eigenvalue weighted by molar-refractivity contribution is -0.202. The van der Waals surface area contributed by atoms with E-state index in [0.29, 0.717) is 37.0 Å². The quantitative estimate of drug-likeness (QED) is 0.266. The summed E-state index contributed by atoms with van der Waals surface area (Å²) in [6.45, 7) is 2.41. The van der Waals surface area contributed by atoms with Crippen molar-refractivity contribution < 1.29 is 36.6 Å². The number of aliphatic hydroxyl groups is 1. The van der Waals surface area contributed by atoms with Crippen molar-refractivity contribution in [3.8, 4) is 0 Å². The van der Waals surface area contributed by atoms with Crippen LogP contribution in [-0.2, 0) is 15.1 Å². The fraction of sp³-hybridized carbons (Fsp3) is 0.458. The molecule has 1 aliphatic rings. The van der Waals surface area contributed by atoms with Gasteiger partial charge in [-0.05, 0) is 32.8 Å². The van der Waals surface area contributed by atoms with Crippen LogP contribution >= 0.6 is 0 Å². The molecule has 4 heterocycles. The Morgan fingerprint density at radius 1 is 1.23 bits per heavy atom. The SMILES string of the molecule is CC1CCC(c2nc3c4cc(F)cc(F)c4nc(N)n3n2)CN1c1cnn(C(C)(CO)COC(=O)C(F)(F)F)c1. The van der Waals surface area contributed by atoms with Crippen molar-refractivity contribution in [1.29, 1.82) is 0 Å². The number of halogens is 5. The van der Waals surface area contributed by atoms with Gasteiger partial charge < -0.3 is 20.5 Å². The second kappa shape index (κ2) is 9.83. The van der Waals surface area contributed by atoms with Gasteiger partial charge in [0.1, 0.15) is 23.5 Å². The summed E-state index contributed by atoms with van der Waals surface area (Å²) in [5, 5.41) is 18.7. The van der Waals surface area contributed by atoms with E-state index in [9.17, 15) is 31.9 Å². The van der Waals surface area contributed by atoms with Crippen LogP contribution in [0.4, 0.5) is 33.6 Å². The second-order valence-corrected chi connectivity index (χ2v) is 10.1. The van der Waals surface area contributed by atoms with E-state index in [1.165, 1.54) is 22.3 Å². The molecule has 16 heteroatoms. The normalized spacial score (nSPS) is 19.8. The fourth-order valence-electron chi connectivity index (χ4n) is 4.77. The van der Waals surface area contributed by atoms with Crippen molar-refractivity contribution >= 4 is 34.2 Å². The van der Waals surface area contributed by atoms with Crippen molar-refractivity contribution in [2.75, 3.05) is 30.4 Å². The number of piperidine rings is 1. The zero-order valence-corrected chi connectivity index (χ0v) is 21.4. The van der Waals surface area contributed by atoms with Crippen LogP contribution < -0.4 is 10.6 Å². The van der Waals surface area contributed by atoms with Gasteiger partial charge in [-0.15, -0.1) is 5.10 Å². The summed E-state index contributed by atoms with van der Waals surface area (Å²) in [7, 11) is 0. The lowest BCUT2D eigenvalue weighted by Crippen LogP contribution is -2.42. The molecule has 214 valence electrons. The number of aromatic nitrogens is 6. The first-order valence-electron chi connectivity index (χ1n) is 12.3. The highest BCUT2D eigenvalue weighted by molar-refractivity contribution is 5.92. The number of esters is 1. The highest BCUT2D eigenvalue weighted by Crippen LogP contribution is 2.34. The zero-order chi connectivity index (χ0) is 29.0. The van der Waals surface area contributed by atoms with Crippen LogP contribution in [0.3, 0.4) is 0 Å². The monoisotopic (exact) mass is 568 g/mol. The second-order valence-electron chi connectivity index (χ2n) is 10.1. The predicted molar refractivity (Wildman–Crippen MR) is 131 cm³/mol. The summed E-state index contributed by atoms with van der Waals surface area (Å²) in [5.74, 6) is -3.95. The summed E-state index contributed by atoms with van der Waals surface area (Å²) in [6.07, 6.45) is -0.710. The highest BCUT2D eigenvalue weighted by atomic mass is 19.4. The van der Waals surface area contributed by atoms with Crippen LogP contribution in [0.2, 0.25) is 0 Å². The Labute approximate surface area is 223 Å². The molecule has 0 bridgehead atoms. The van der Waals surface area contributed by atoms with Gasteiger partial charge in [0.2, 0.25) is 5.95 Å². The van der Waals surface area contributed by atoms with Crippen LogP contribution in [0.25, 0.3) is 16.6 Å². The van der Waals surface area contributed by atoms with E-state index in [2.05, 4.69) is 24.9 Å². The van der Waals surface area contributed by atoms with E-state index in [1.54, 1.807) is 6.20 Å². The van der Waals surface area contributed by atoms with E-state index in [0.717, 1.165) is 6.07 Å². The summed E-state index contributed by atoms with van der Waals surface area (Å²) in [4.78, 5) is 21.8. The lowest BCUT2D eigenvalue weighted by atomic mass is 9.92. The third-order valence-electron chi connectivity index (χ3n) is 7.12. The number of hydrogen-bond donors (Lipinski definition) is 2. The minimum Gasteiger partial charge on any atom is -0.456 e. The molecule has 1 saturated heterocycles. The Kier molecular flexibility index (Phi) is 6.76. The smallest absolute Gasteiger partial charge is 0.456 e. The molecule has 4 aromatic rings. The maximum atomic E-state index is 14.3. The molecule has 1 aliphatic heterocycles. The molecule has 11 nitrogen and oxygen atoms in total. The van der Waals surface area contributed by atoms with Crippen molar-refractivity contribution in [2.24, 2.45) is 0 Å². The summed E-state index contributed by atoms with van der Waals surface area (Å²) < 4.78 is 72.9. The van der Waals surface area contributed by atoms with Crippen LogP contribution in [-0.4, -0.2) is 72.4 Å². The van der Waals surface area contributed by atoms with Crippen LogP contribution in [0.1, 0.15) is 38.4 Å². The van der Waals surface area contributed by atoms with Crippen molar-refractivity contribution in [3.63, 3.8) is 0 Å². The maximum absolute atomic E-state index is 14.3. The van der Waals surface area contributed by atoms with E-state index in [4.69, 9.17) is 5.73 Å². The Morgan fingerprint density at radius 3 is 2.67 bits per heavy atom. The molecule has 1 fully saturated rings. The molecule has 0 amide bonds. The molecule has 0 aliphatic carbocycles. The van der Waals surface area contributed by atoms with Crippen LogP contribution in [0.5, 0.6) is 0 Å². The number of alkyl halides is 3. The summed E-state index contributed by atoms with van der Waals surface area (Å²) in [5.41, 5.74) is 5.20. The van der Waals surface area contributed by atoms with Crippen LogP contribution in [0.15, 0.2) is 24.5 Å². The van der Waals surface area contributed by atoms with Crippen molar-refractivity contribution in [3.05, 3.63) is 42.0 Å². The largest absolute Gasteiger partial charge is 0.490 e. The first-order chi connectivity index (χ1) is 18.8. The lowest BCUT2D eigenvalue weighted by Gasteiger charge is -2.38. The van der Waals surface area contributed by atoms with E-state index >= 15 is 0 Å². The number of benzene rings is 1. The predicted octanol–water partition coefficient (Wildman–Crippen LogP) is 2.92. The van der Waals surface area contributed by atoms with Gasteiger partial charge in [-0.2, -0.15) is 22.8 Å². The Bertz CT molecular complexity index is 1590. The van der Waals surface area contributed by atoms with Gasteiger partial charge in [0.15, 0.2) is 17.3 Å². The summed E-state index contributed by atoms with van der Waals surface area (Å²) >= 11 is 0. The minimum atomic E-state index is -5.16. The van der Waals surface area contributed by atoms with Gasteiger partial charge in [0.25, 0.3) is 0 Å². The van der Waals surface area contributed by atoms with E-state index < -0.39 is 42.5 Å². The minimum absolute atomic E-state index is 0.0325. The number of rotatable bonds is 6. The Hall–Kier alpha value is -4.08. The standard InChI is InChI=1S/C24H25F5N8O3/c1-12-3-4-13(19-33-20-16-5-14(25)6-17(26)18(16)32-22(30)37(20)34-19)8-35(12)15-7-31-36(9-15)23(2,10-38)11-40-21(39)24(27,28)29/h5-7,9,12-13,38H,3-4,8,10-11H2,1-2H3,(H2,30,32). The topological polar surface area (TPSA) is 137 Å². The molecule has 3 unspecified atom stereocenters. The third kappa shape index (κ3) is 4.87. The molecule has 3 atom stereocenters. The number of aliphatic hydroxyl groups excluding tert-OH is 1. The van der Waals surface area contributed by atoms with Gasteiger partial charge in [-0.1, -0.05) is 0 Å². The number of nitrogen functional groups attached to an aromatic ring is 1. The van der Waals surface area contributed by atoms with E-state index in [1.807, 2.05) is 11.8 Å². The molecule has 3 aromatic heterocycles. The number of carbonyl (C=O) groups excluding carboxylic acids is 1. The number of carbonyl (C=O) groups is 1. The number of anilines is 2. The highest BCUT2D eigenvalue weighted by Gasteiger charge is 2.43. The Balaban J connectivity index is 1.41. The average molecular weight is 569 g/mol. The first-order valence-corrected chi connectivity index (χ1v) is 12.3. The van der Waals surface area contributed by atoms with Gasteiger partial charge in [-0.25, -0.2) is 23.5 Å². The molecule has 5 rings (SSSR count). The molecular weight excluding hydrogens is 543 g/mol. The molecule has 40 heavy (non-hydrogen) atoms. The van der Waals surface area contributed by atoms with Gasteiger partial charge in [0, 0.05) is 30.8 Å². The molecule has 0 radical (unpaired) electrons. The average Bonchev–Trinajstić information content (AvgIpc) is 3.57. The molecule has 0 saturated carbocycles. The maximum Gasteiger partial charge on any atom is 0.490 e. The van der Waals surface area contributed by atoms with Gasteiger partial charge in [0.05, 0.1) is 23.9 Å². The molecule has 0 spiro atoms. The van der Waals surface area contributed by atoms with Gasteiger partial charge in [-0.3, -0.25) is 4.68 Å². The van der Waals surface area contributed by atoms with Gasteiger partial charge >= 0.3 is 12.1 Å². The number of fused-ring (bicyclic) bond motifs is 3. The number of hydrogen-bond acceptors (Lipinski definition) is 9. The fourth-order valence-corrected chi connectivity index (χ4v) is 4.77. The van der Waals surface area contributed by atoms with Crippen molar-refractivity contribution in [2.45, 2.75) is 50.4 Å².